The van der Waals surface area contributed by atoms with Crippen molar-refractivity contribution in [2.45, 2.75) is 25.1 Å². The summed E-state index contributed by atoms with van der Waals surface area (Å²) in [5.74, 6) is -1.13. The highest BCUT2D eigenvalue weighted by atomic mass is 19.4. The minimum atomic E-state index is -4.38. The Labute approximate surface area is 119 Å². The minimum absolute atomic E-state index is 0.00263. The lowest BCUT2D eigenvalue weighted by atomic mass is 10.1. The lowest BCUT2D eigenvalue weighted by Gasteiger charge is -2.45. The molecule has 0 saturated carbocycles. The molecule has 1 unspecified atom stereocenters. The summed E-state index contributed by atoms with van der Waals surface area (Å²) < 4.78 is 36.4. The highest BCUT2D eigenvalue weighted by molar-refractivity contribution is 5.95. The summed E-state index contributed by atoms with van der Waals surface area (Å²) in [6.07, 6.45) is -6.19. The standard InChI is InChI=1S/C12H16F3N3O3/c1-16-7-10(20)18-5-4-17(6-8(18)11(16)21)9(19)2-3-12(13,14)15/h8H,2-7H2,1H3. The maximum absolute atomic E-state index is 12.1. The lowest BCUT2D eigenvalue weighted by molar-refractivity contribution is -0.162. The molecule has 2 saturated heterocycles. The summed E-state index contributed by atoms with van der Waals surface area (Å²) in [7, 11) is 1.49. The van der Waals surface area contributed by atoms with E-state index in [2.05, 4.69) is 0 Å². The number of likely N-dealkylation sites (N-methyl/N-ethyl adjacent to an activating group) is 1. The number of fused-ring (bicyclic) bond motifs is 1. The van der Waals surface area contributed by atoms with Crippen LogP contribution >= 0.6 is 0 Å². The van der Waals surface area contributed by atoms with Gasteiger partial charge in [0.25, 0.3) is 0 Å². The number of hydrogen-bond donors (Lipinski definition) is 0. The highest BCUT2D eigenvalue weighted by Crippen LogP contribution is 2.23. The average molecular weight is 307 g/mol. The molecule has 2 rings (SSSR count). The zero-order valence-corrected chi connectivity index (χ0v) is 11.5. The van der Waals surface area contributed by atoms with Crippen molar-refractivity contribution in [2.75, 3.05) is 33.2 Å². The van der Waals surface area contributed by atoms with Gasteiger partial charge in [-0.25, -0.2) is 0 Å². The van der Waals surface area contributed by atoms with Gasteiger partial charge in [0.15, 0.2) is 0 Å². The number of carbonyl (C=O) groups is 3. The molecule has 0 aliphatic carbocycles. The van der Waals surface area contributed by atoms with Gasteiger partial charge in [0, 0.05) is 26.6 Å². The molecule has 118 valence electrons. The molecule has 3 amide bonds. The van der Waals surface area contributed by atoms with Gasteiger partial charge in [0.2, 0.25) is 17.7 Å². The summed E-state index contributed by atoms with van der Waals surface area (Å²) in [6, 6.07) is -0.778. The van der Waals surface area contributed by atoms with E-state index in [-0.39, 0.29) is 38.0 Å². The Kier molecular flexibility index (Phi) is 4.11. The van der Waals surface area contributed by atoms with E-state index in [1.807, 2.05) is 0 Å². The molecule has 0 aromatic rings. The summed E-state index contributed by atoms with van der Waals surface area (Å²) in [6.45, 7) is 0.305. The molecule has 1 atom stereocenters. The number of amides is 3. The van der Waals surface area contributed by atoms with Crippen LogP contribution in [-0.4, -0.2) is 77.9 Å². The number of halogens is 3. The van der Waals surface area contributed by atoms with Crippen LogP contribution in [0.4, 0.5) is 13.2 Å². The fourth-order valence-corrected chi connectivity index (χ4v) is 2.55. The van der Waals surface area contributed by atoms with Crippen LogP contribution in [0.1, 0.15) is 12.8 Å². The van der Waals surface area contributed by atoms with E-state index in [0.717, 1.165) is 0 Å². The zero-order chi connectivity index (χ0) is 15.8. The largest absolute Gasteiger partial charge is 0.389 e. The third-order valence-corrected chi connectivity index (χ3v) is 3.71. The summed E-state index contributed by atoms with van der Waals surface area (Å²) in [5.41, 5.74) is 0. The molecule has 0 radical (unpaired) electrons. The predicted molar refractivity (Wildman–Crippen MR) is 65.0 cm³/mol. The molecule has 0 aromatic heterocycles. The second-order valence-corrected chi connectivity index (χ2v) is 5.25. The third kappa shape index (κ3) is 3.45. The maximum Gasteiger partial charge on any atom is 0.389 e. The van der Waals surface area contributed by atoms with Crippen molar-refractivity contribution in [1.82, 2.24) is 14.7 Å². The molecule has 0 bridgehead atoms. The molecule has 2 fully saturated rings. The van der Waals surface area contributed by atoms with Crippen LogP contribution in [0.15, 0.2) is 0 Å². The number of piperazine rings is 2. The van der Waals surface area contributed by atoms with Crippen molar-refractivity contribution in [3.8, 4) is 0 Å². The van der Waals surface area contributed by atoms with Crippen LogP contribution in [0.25, 0.3) is 0 Å². The Balaban J connectivity index is 1.99. The number of rotatable bonds is 2. The Morgan fingerprint density at radius 1 is 1.29 bits per heavy atom. The Bertz CT molecular complexity index is 466. The van der Waals surface area contributed by atoms with Crippen LogP contribution in [0.5, 0.6) is 0 Å². The van der Waals surface area contributed by atoms with Gasteiger partial charge in [-0.05, 0) is 0 Å². The van der Waals surface area contributed by atoms with Crippen molar-refractivity contribution < 1.29 is 27.6 Å². The minimum Gasteiger partial charge on any atom is -0.338 e. The molecule has 2 aliphatic heterocycles. The monoisotopic (exact) mass is 307 g/mol. The molecule has 0 N–H and O–H groups in total. The first kappa shape index (κ1) is 15.6. The second-order valence-electron chi connectivity index (χ2n) is 5.25. The van der Waals surface area contributed by atoms with E-state index in [0.29, 0.717) is 0 Å². The molecular weight excluding hydrogens is 291 g/mol. The molecule has 0 spiro atoms. The Morgan fingerprint density at radius 2 is 1.95 bits per heavy atom. The zero-order valence-electron chi connectivity index (χ0n) is 11.5. The highest BCUT2D eigenvalue weighted by Gasteiger charge is 2.42. The first-order valence-corrected chi connectivity index (χ1v) is 6.58. The summed E-state index contributed by atoms with van der Waals surface area (Å²) in [5, 5.41) is 0. The quantitative estimate of drug-likeness (QED) is 0.712. The van der Waals surface area contributed by atoms with E-state index < -0.39 is 31.0 Å². The van der Waals surface area contributed by atoms with Crippen LogP contribution < -0.4 is 0 Å². The summed E-state index contributed by atoms with van der Waals surface area (Å²) in [4.78, 5) is 39.5. The van der Waals surface area contributed by atoms with Crippen LogP contribution in [0, 0.1) is 0 Å². The SMILES string of the molecule is CN1CC(=O)N2CCN(C(=O)CCC(F)(F)F)CC2C1=O. The lowest BCUT2D eigenvalue weighted by Crippen LogP contribution is -2.66. The number of alkyl halides is 3. The molecule has 0 aromatic carbocycles. The third-order valence-electron chi connectivity index (χ3n) is 3.71. The Morgan fingerprint density at radius 3 is 2.57 bits per heavy atom. The van der Waals surface area contributed by atoms with E-state index in [1.54, 1.807) is 0 Å². The van der Waals surface area contributed by atoms with Crippen molar-refractivity contribution in [3.63, 3.8) is 0 Å². The van der Waals surface area contributed by atoms with E-state index >= 15 is 0 Å². The van der Waals surface area contributed by atoms with Crippen LogP contribution in [-0.2, 0) is 14.4 Å². The van der Waals surface area contributed by atoms with Crippen molar-refractivity contribution in [2.24, 2.45) is 0 Å². The van der Waals surface area contributed by atoms with Gasteiger partial charge in [0.05, 0.1) is 19.5 Å². The number of hydrogen-bond acceptors (Lipinski definition) is 3. The van der Waals surface area contributed by atoms with Gasteiger partial charge in [-0.15, -0.1) is 0 Å². The molecule has 2 aliphatic rings. The van der Waals surface area contributed by atoms with E-state index in [4.69, 9.17) is 0 Å². The smallest absolute Gasteiger partial charge is 0.338 e. The molecule has 6 nitrogen and oxygen atoms in total. The van der Waals surface area contributed by atoms with Gasteiger partial charge >= 0.3 is 6.18 Å². The molecular formula is C12H16F3N3O3. The normalized spacial score (nSPS) is 23.4. The van der Waals surface area contributed by atoms with Gasteiger partial charge in [0.1, 0.15) is 6.04 Å². The van der Waals surface area contributed by atoms with Crippen LogP contribution in [0.3, 0.4) is 0 Å². The average Bonchev–Trinajstić information content (AvgIpc) is 2.41. The molecule has 9 heteroatoms. The second kappa shape index (κ2) is 5.53. The first-order chi connectivity index (χ1) is 9.69. The summed E-state index contributed by atoms with van der Waals surface area (Å²) >= 11 is 0. The predicted octanol–water partition coefficient (Wildman–Crippen LogP) is -0.160. The van der Waals surface area contributed by atoms with Gasteiger partial charge in [-0.2, -0.15) is 13.2 Å². The van der Waals surface area contributed by atoms with Crippen molar-refractivity contribution in [1.29, 1.82) is 0 Å². The topological polar surface area (TPSA) is 60.9 Å². The van der Waals surface area contributed by atoms with Gasteiger partial charge < -0.3 is 14.7 Å². The van der Waals surface area contributed by atoms with E-state index in [9.17, 15) is 27.6 Å². The Hall–Kier alpha value is -1.80. The molecule has 2 heterocycles. The fraction of sp³-hybridized carbons (Fsp3) is 0.750. The van der Waals surface area contributed by atoms with Crippen molar-refractivity contribution in [3.05, 3.63) is 0 Å². The first-order valence-electron chi connectivity index (χ1n) is 6.58. The number of nitrogens with zero attached hydrogens (tertiary/aromatic N) is 3. The van der Waals surface area contributed by atoms with Gasteiger partial charge in [-0.1, -0.05) is 0 Å². The fourth-order valence-electron chi connectivity index (χ4n) is 2.55. The van der Waals surface area contributed by atoms with Gasteiger partial charge in [-0.3, -0.25) is 14.4 Å². The number of carbonyl (C=O) groups excluding carboxylic acids is 3. The maximum atomic E-state index is 12.1. The van der Waals surface area contributed by atoms with E-state index in [1.165, 1.54) is 21.7 Å². The van der Waals surface area contributed by atoms with Crippen LogP contribution in [0.2, 0.25) is 0 Å². The molecule has 21 heavy (non-hydrogen) atoms. The van der Waals surface area contributed by atoms with Crippen molar-refractivity contribution >= 4 is 17.7 Å².